The Bertz CT molecular complexity index is 956. The molecule has 0 radical (unpaired) electrons. The first kappa shape index (κ1) is 18.7. The number of nitrogens with one attached hydrogen (secondary N) is 2. The molecule has 1 aliphatic carbocycles. The van der Waals surface area contributed by atoms with Gasteiger partial charge >= 0.3 is 0 Å². The number of rotatable bonds is 8. The Balaban J connectivity index is 1.55. The second kappa shape index (κ2) is 8.17. The summed E-state index contributed by atoms with van der Waals surface area (Å²) >= 11 is 12.3. The van der Waals surface area contributed by atoms with Gasteiger partial charge in [-0.1, -0.05) is 36.0 Å². The molecular weight excluding hydrogens is 379 g/mol. The van der Waals surface area contributed by atoms with Crippen LogP contribution in [0, 0.1) is 5.92 Å². The molecule has 0 saturated heterocycles. The zero-order chi connectivity index (χ0) is 18.8. The average molecular weight is 403 g/mol. The van der Waals surface area contributed by atoms with E-state index in [4.69, 9.17) is 28.2 Å². The molecule has 6 heteroatoms. The van der Waals surface area contributed by atoms with Crippen LogP contribution in [0.4, 0.5) is 5.69 Å². The Morgan fingerprint density at radius 2 is 1.96 bits per heavy atom. The lowest BCUT2D eigenvalue weighted by Gasteiger charge is -2.17. The third-order valence-corrected chi connectivity index (χ3v) is 5.75. The molecular formula is C21H24Cl2N4. The van der Waals surface area contributed by atoms with Gasteiger partial charge < -0.3 is 10.6 Å². The van der Waals surface area contributed by atoms with Crippen LogP contribution in [0.5, 0.6) is 0 Å². The summed E-state index contributed by atoms with van der Waals surface area (Å²) in [5.74, 6) is 0.944. The molecule has 2 N–H and O–H groups in total. The van der Waals surface area contributed by atoms with E-state index in [-0.39, 0.29) is 0 Å². The second-order valence-corrected chi connectivity index (χ2v) is 8.21. The van der Waals surface area contributed by atoms with Crippen molar-refractivity contribution in [3.63, 3.8) is 0 Å². The minimum absolute atomic E-state index is 0.473. The minimum Gasteiger partial charge on any atom is -0.383 e. The normalized spacial score (nSPS) is 15.4. The largest absolute Gasteiger partial charge is 0.383 e. The first-order chi connectivity index (χ1) is 13.1. The number of aromatic nitrogens is 2. The van der Waals surface area contributed by atoms with Crippen LogP contribution in [0.2, 0.25) is 10.2 Å². The molecule has 4 rings (SSSR count). The van der Waals surface area contributed by atoms with Gasteiger partial charge in [0.05, 0.1) is 16.7 Å². The number of anilines is 1. The van der Waals surface area contributed by atoms with Gasteiger partial charge in [0.15, 0.2) is 0 Å². The van der Waals surface area contributed by atoms with E-state index >= 15 is 0 Å². The van der Waals surface area contributed by atoms with E-state index in [1.54, 1.807) is 6.07 Å². The van der Waals surface area contributed by atoms with Gasteiger partial charge in [-0.05, 0) is 62.6 Å². The van der Waals surface area contributed by atoms with Crippen LogP contribution in [-0.4, -0.2) is 29.6 Å². The third kappa shape index (κ3) is 4.45. The number of fused-ring (bicyclic) bond motifs is 2. The van der Waals surface area contributed by atoms with E-state index in [0.717, 1.165) is 46.5 Å². The smallest absolute Gasteiger partial charge is 0.130 e. The Labute approximate surface area is 169 Å². The van der Waals surface area contributed by atoms with E-state index in [2.05, 4.69) is 22.7 Å². The summed E-state index contributed by atoms with van der Waals surface area (Å²) in [6.45, 7) is 0.883. The SMILES string of the molecule is CNC(CCCNc1c2ccc(Cl)cc2nc2ccc(Cl)nc12)CC1CC1. The van der Waals surface area contributed by atoms with Gasteiger partial charge in [0, 0.05) is 23.0 Å². The fraction of sp³-hybridized carbons (Fsp3) is 0.429. The number of hydrogen-bond acceptors (Lipinski definition) is 4. The van der Waals surface area contributed by atoms with E-state index in [0.29, 0.717) is 16.2 Å². The van der Waals surface area contributed by atoms with Crippen LogP contribution in [0.25, 0.3) is 21.9 Å². The Kier molecular flexibility index (Phi) is 5.67. The standard InChI is InChI=1S/C21H24Cl2N4/c1-24-15(11-13-4-5-13)3-2-10-25-20-16-7-6-14(22)12-18(16)26-17-8-9-19(23)27-21(17)20/h6-9,12-13,15,24H,2-5,10-11H2,1H3,(H,25,26). The highest BCUT2D eigenvalue weighted by Gasteiger charge is 2.24. The summed E-state index contributed by atoms with van der Waals surface area (Å²) in [7, 11) is 2.07. The average Bonchev–Trinajstić information content (AvgIpc) is 3.47. The van der Waals surface area contributed by atoms with E-state index < -0.39 is 0 Å². The Hall–Kier alpha value is -1.62. The van der Waals surface area contributed by atoms with Gasteiger partial charge in [-0.15, -0.1) is 0 Å². The molecule has 3 aromatic rings. The molecule has 1 atom stereocenters. The quantitative estimate of drug-likeness (QED) is 0.289. The summed E-state index contributed by atoms with van der Waals surface area (Å²) in [6, 6.07) is 10.1. The van der Waals surface area contributed by atoms with Crippen molar-refractivity contribution in [3.05, 3.63) is 40.5 Å². The maximum atomic E-state index is 6.17. The van der Waals surface area contributed by atoms with Gasteiger partial charge in [-0.3, -0.25) is 0 Å². The molecule has 0 bridgehead atoms. The zero-order valence-corrected chi connectivity index (χ0v) is 16.9. The number of nitrogens with zero attached hydrogens (tertiary/aromatic N) is 2. The molecule has 0 spiro atoms. The van der Waals surface area contributed by atoms with Crippen molar-refractivity contribution in [2.45, 2.75) is 38.1 Å². The first-order valence-corrected chi connectivity index (χ1v) is 10.4. The van der Waals surface area contributed by atoms with Crippen LogP contribution < -0.4 is 10.6 Å². The third-order valence-electron chi connectivity index (χ3n) is 5.30. The highest BCUT2D eigenvalue weighted by molar-refractivity contribution is 6.31. The van der Waals surface area contributed by atoms with Gasteiger partial charge in [-0.25, -0.2) is 9.97 Å². The molecule has 1 aromatic carbocycles. The van der Waals surface area contributed by atoms with Crippen LogP contribution in [0.1, 0.15) is 32.1 Å². The van der Waals surface area contributed by atoms with Gasteiger partial charge in [0.2, 0.25) is 0 Å². The fourth-order valence-corrected chi connectivity index (χ4v) is 3.96. The second-order valence-electron chi connectivity index (χ2n) is 7.38. The lowest BCUT2D eigenvalue weighted by atomic mass is 10.0. The monoisotopic (exact) mass is 402 g/mol. The molecule has 0 aliphatic heterocycles. The number of benzene rings is 1. The minimum atomic E-state index is 0.473. The maximum absolute atomic E-state index is 6.17. The predicted molar refractivity (Wildman–Crippen MR) is 115 cm³/mol. The highest BCUT2D eigenvalue weighted by Crippen LogP contribution is 2.34. The summed E-state index contributed by atoms with van der Waals surface area (Å²) in [5, 5.41) is 9.23. The summed E-state index contributed by atoms with van der Waals surface area (Å²) in [4.78, 5) is 9.21. The van der Waals surface area contributed by atoms with Crippen LogP contribution in [0.3, 0.4) is 0 Å². The van der Waals surface area contributed by atoms with Crippen LogP contribution in [0.15, 0.2) is 30.3 Å². The van der Waals surface area contributed by atoms with Gasteiger partial charge in [0.1, 0.15) is 10.7 Å². The van der Waals surface area contributed by atoms with E-state index in [9.17, 15) is 0 Å². The predicted octanol–water partition coefficient (Wildman–Crippen LogP) is 5.67. The van der Waals surface area contributed by atoms with Crippen molar-refractivity contribution in [3.8, 4) is 0 Å². The molecule has 2 heterocycles. The molecule has 0 amide bonds. The van der Waals surface area contributed by atoms with Crippen LogP contribution >= 0.6 is 23.2 Å². The van der Waals surface area contributed by atoms with Crippen molar-refractivity contribution in [2.24, 2.45) is 5.92 Å². The fourth-order valence-electron chi connectivity index (χ4n) is 3.64. The van der Waals surface area contributed by atoms with Crippen LogP contribution in [-0.2, 0) is 0 Å². The van der Waals surface area contributed by atoms with Crippen molar-refractivity contribution in [1.82, 2.24) is 15.3 Å². The summed E-state index contributed by atoms with van der Waals surface area (Å²) < 4.78 is 0. The van der Waals surface area contributed by atoms with Gasteiger partial charge in [-0.2, -0.15) is 0 Å². The zero-order valence-electron chi connectivity index (χ0n) is 15.4. The lowest BCUT2D eigenvalue weighted by Crippen LogP contribution is -2.26. The number of halogens is 2. The Morgan fingerprint density at radius 1 is 1.11 bits per heavy atom. The summed E-state index contributed by atoms with van der Waals surface area (Å²) in [6.07, 6.45) is 6.37. The maximum Gasteiger partial charge on any atom is 0.130 e. The highest BCUT2D eigenvalue weighted by atomic mass is 35.5. The molecule has 1 saturated carbocycles. The summed E-state index contributed by atoms with van der Waals surface area (Å²) in [5.41, 5.74) is 3.47. The lowest BCUT2D eigenvalue weighted by molar-refractivity contribution is 0.456. The Morgan fingerprint density at radius 3 is 2.74 bits per heavy atom. The van der Waals surface area contributed by atoms with Crippen molar-refractivity contribution in [1.29, 1.82) is 0 Å². The van der Waals surface area contributed by atoms with Crippen molar-refractivity contribution < 1.29 is 0 Å². The first-order valence-electron chi connectivity index (χ1n) is 9.60. The molecule has 142 valence electrons. The molecule has 1 aliphatic rings. The van der Waals surface area contributed by atoms with Crippen molar-refractivity contribution >= 4 is 50.8 Å². The van der Waals surface area contributed by atoms with Crippen molar-refractivity contribution in [2.75, 3.05) is 18.9 Å². The van der Waals surface area contributed by atoms with Gasteiger partial charge in [0.25, 0.3) is 0 Å². The number of pyridine rings is 2. The molecule has 27 heavy (non-hydrogen) atoms. The molecule has 2 aromatic heterocycles. The molecule has 1 fully saturated rings. The topological polar surface area (TPSA) is 49.8 Å². The number of hydrogen-bond donors (Lipinski definition) is 2. The molecule has 4 nitrogen and oxygen atoms in total. The van der Waals surface area contributed by atoms with E-state index in [1.807, 2.05) is 24.3 Å². The molecule has 1 unspecified atom stereocenters. The van der Waals surface area contributed by atoms with E-state index in [1.165, 1.54) is 25.7 Å².